The first-order valence-electron chi connectivity index (χ1n) is 6.78. The van der Waals surface area contributed by atoms with E-state index in [-0.39, 0.29) is 23.9 Å². The van der Waals surface area contributed by atoms with Crippen LogP contribution >= 0.6 is 0 Å². The van der Waals surface area contributed by atoms with Gasteiger partial charge < -0.3 is 14.9 Å². The van der Waals surface area contributed by atoms with Gasteiger partial charge in [-0.05, 0) is 25.2 Å². The third-order valence-electron chi connectivity index (χ3n) is 5.35. The Morgan fingerprint density at radius 2 is 2.05 bits per heavy atom. The zero-order chi connectivity index (χ0) is 13.9. The molecule has 3 aliphatic rings. The minimum atomic E-state index is -0.795. The van der Waals surface area contributed by atoms with Crippen molar-refractivity contribution in [3.05, 3.63) is 24.3 Å². The number of ether oxygens (including phenoxy) is 1. The summed E-state index contributed by atoms with van der Waals surface area (Å²) in [5.74, 6) is -0.180. The molecule has 0 aromatic rings. The van der Waals surface area contributed by atoms with Crippen LogP contribution in [0.1, 0.15) is 26.2 Å². The van der Waals surface area contributed by atoms with Crippen molar-refractivity contribution >= 4 is 5.97 Å². The van der Waals surface area contributed by atoms with Crippen molar-refractivity contribution in [3.63, 3.8) is 0 Å². The summed E-state index contributed by atoms with van der Waals surface area (Å²) in [4.78, 5) is 11.6. The number of aliphatic hydroxyl groups excluding tert-OH is 2. The Balaban J connectivity index is 1.95. The number of esters is 1. The highest BCUT2D eigenvalue weighted by atomic mass is 16.6. The summed E-state index contributed by atoms with van der Waals surface area (Å²) >= 11 is 0. The smallest absolute Gasteiger partial charge is 0.334 e. The molecule has 2 saturated carbocycles. The molecule has 0 spiro atoms. The molecule has 4 heteroatoms. The van der Waals surface area contributed by atoms with E-state index in [1.54, 1.807) is 0 Å². The van der Waals surface area contributed by atoms with Gasteiger partial charge >= 0.3 is 5.97 Å². The van der Waals surface area contributed by atoms with Gasteiger partial charge in [0, 0.05) is 16.9 Å². The molecule has 2 aliphatic carbocycles. The zero-order valence-corrected chi connectivity index (χ0v) is 11.1. The topological polar surface area (TPSA) is 66.8 Å². The van der Waals surface area contributed by atoms with Gasteiger partial charge in [0.2, 0.25) is 0 Å². The summed E-state index contributed by atoms with van der Waals surface area (Å²) in [6.07, 6.45) is -0.0604. The Hall–Kier alpha value is -1.13. The lowest BCUT2D eigenvalue weighted by atomic mass is 9.54. The second-order valence-electron chi connectivity index (χ2n) is 6.45. The van der Waals surface area contributed by atoms with Crippen LogP contribution in [0.15, 0.2) is 24.3 Å². The molecule has 1 heterocycles. The summed E-state index contributed by atoms with van der Waals surface area (Å²) in [5, 5.41) is 20.3. The van der Waals surface area contributed by atoms with E-state index in [2.05, 4.69) is 13.2 Å². The van der Waals surface area contributed by atoms with Crippen molar-refractivity contribution < 1.29 is 19.7 Å². The quantitative estimate of drug-likeness (QED) is 0.392. The average Bonchev–Trinajstić information content (AvgIpc) is 2.60. The van der Waals surface area contributed by atoms with Crippen molar-refractivity contribution in [2.45, 2.75) is 44.5 Å². The lowest BCUT2D eigenvalue weighted by molar-refractivity contribution is -0.154. The largest absolute Gasteiger partial charge is 0.458 e. The van der Waals surface area contributed by atoms with Crippen LogP contribution < -0.4 is 0 Å². The zero-order valence-electron chi connectivity index (χ0n) is 11.1. The fraction of sp³-hybridized carbons (Fsp3) is 0.667. The maximum Gasteiger partial charge on any atom is 0.334 e. The highest BCUT2D eigenvalue weighted by molar-refractivity contribution is 5.90. The monoisotopic (exact) mass is 264 g/mol. The van der Waals surface area contributed by atoms with E-state index in [0.717, 1.165) is 12.0 Å². The van der Waals surface area contributed by atoms with Gasteiger partial charge in [0.15, 0.2) is 0 Å². The molecule has 1 aliphatic heterocycles. The number of hydrogen-bond donors (Lipinski definition) is 2. The molecule has 0 aromatic heterocycles. The van der Waals surface area contributed by atoms with Crippen molar-refractivity contribution in [2.24, 2.45) is 17.3 Å². The fourth-order valence-corrected chi connectivity index (χ4v) is 4.17. The molecule has 19 heavy (non-hydrogen) atoms. The molecule has 0 bridgehead atoms. The van der Waals surface area contributed by atoms with Crippen molar-refractivity contribution in [3.8, 4) is 0 Å². The van der Waals surface area contributed by atoms with E-state index in [1.165, 1.54) is 0 Å². The highest BCUT2D eigenvalue weighted by Crippen LogP contribution is 2.56. The standard InChI is InChI=1S/C15H20O4/c1-7-4-11(16)13(17)15(3)6-12-9(5-10(7)15)8(2)14(18)19-12/h9-13,16-17H,1-2,4-6H2,3H3/t9-,10+,11+,12-,13-,15-/m0/s1. The summed E-state index contributed by atoms with van der Waals surface area (Å²) in [5.41, 5.74) is 1.03. The van der Waals surface area contributed by atoms with Gasteiger partial charge in [0.05, 0.1) is 12.2 Å². The molecule has 6 atom stereocenters. The number of rotatable bonds is 0. The van der Waals surface area contributed by atoms with Crippen LogP contribution in [0.4, 0.5) is 0 Å². The normalized spacial score (nSPS) is 49.6. The van der Waals surface area contributed by atoms with Crippen molar-refractivity contribution in [1.82, 2.24) is 0 Å². The van der Waals surface area contributed by atoms with Crippen LogP contribution in [0.3, 0.4) is 0 Å². The highest BCUT2D eigenvalue weighted by Gasteiger charge is 2.57. The minimum absolute atomic E-state index is 0.0322. The molecule has 2 N–H and O–H groups in total. The van der Waals surface area contributed by atoms with Gasteiger partial charge in [0.1, 0.15) is 6.10 Å². The summed E-state index contributed by atoms with van der Waals surface area (Å²) in [6.45, 7) is 9.84. The SMILES string of the molecule is C=C1C[C@@H](O)[C@H](O)[C@@]2(C)C[C@@H]3OC(=O)C(=C)[C@@H]3C[C@H]12. The minimum Gasteiger partial charge on any atom is -0.458 e. The number of aliphatic hydroxyl groups is 2. The first kappa shape index (κ1) is 12.9. The molecule has 4 nitrogen and oxygen atoms in total. The van der Waals surface area contributed by atoms with E-state index in [9.17, 15) is 15.0 Å². The number of carbonyl (C=O) groups excluding carboxylic acids is 1. The Morgan fingerprint density at radius 1 is 1.37 bits per heavy atom. The van der Waals surface area contributed by atoms with E-state index in [4.69, 9.17) is 4.74 Å². The number of carbonyl (C=O) groups is 1. The van der Waals surface area contributed by atoms with Crippen molar-refractivity contribution in [2.75, 3.05) is 0 Å². The fourth-order valence-electron chi connectivity index (χ4n) is 4.17. The van der Waals surface area contributed by atoms with Gasteiger partial charge in [-0.3, -0.25) is 0 Å². The van der Waals surface area contributed by atoms with E-state index in [0.29, 0.717) is 18.4 Å². The maximum absolute atomic E-state index is 11.6. The number of hydrogen-bond acceptors (Lipinski definition) is 4. The summed E-state index contributed by atoms with van der Waals surface area (Å²) in [6, 6.07) is 0. The van der Waals surface area contributed by atoms with Crippen LogP contribution in [-0.2, 0) is 9.53 Å². The predicted octanol–water partition coefficient (Wildman–Crippen LogP) is 1.18. The molecule has 0 amide bonds. The molecular formula is C15H20O4. The maximum atomic E-state index is 11.6. The average molecular weight is 264 g/mol. The van der Waals surface area contributed by atoms with Crippen LogP contribution in [0, 0.1) is 17.3 Å². The first-order chi connectivity index (χ1) is 8.84. The Morgan fingerprint density at radius 3 is 2.74 bits per heavy atom. The van der Waals surface area contributed by atoms with Crippen LogP contribution in [0.2, 0.25) is 0 Å². The molecule has 0 aromatic carbocycles. The van der Waals surface area contributed by atoms with Gasteiger partial charge in [-0.1, -0.05) is 25.7 Å². The molecule has 0 radical (unpaired) electrons. The molecule has 0 unspecified atom stereocenters. The third-order valence-corrected chi connectivity index (χ3v) is 5.35. The Labute approximate surface area is 112 Å². The van der Waals surface area contributed by atoms with Crippen LogP contribution in [0.25, 0.3) is 0 Å². The van der Waals surface area contributed by atoms with Crippen LogP contribution in [-0.4, -0.2) is 34.5 Å². The van der Waals surface area contributed by atoms with Gasteiger partial charge in [-0.15, -0.1) is 0 Å². The first-order valence-corrected chi connectivity index (χ1v) is 6.78. The van der Waals surface area contributed by atoms with E-state index >= 15 is 0 Å². The second kappa shape index (κ2) is 3.93. The molecule has 3 fully saturated rings. The predicted molar refractivity (Wildman–Crippen MR) is 69.1 cm³/mol. The van der Waals surface area contributed by atoms with Crippen LogP contribution in [0.5, 0.6) is 0 Å². The van der Waals surface area contributed by atoms with E-state index in [1.807, 2.05) is 6.92 Å². The summed E-state index contributed by atoms with van der Waals surface area (Å²) < 4.78 is 5.35. The van der Waals surface area contributed by atoms with E-state index < -0.39 is 17.6 Å². The molecular weight excluding hydrogens is 244 g/mol. The lowest BCUT2D eigenvalue weighted by Crippen LogP contribution is -2.55. The van der Waals surface area contributed by atoms with Gasteiger partial charge in [-0.25, -0.2) is 4.79 Å². The molecule has 104 valence electrons. The van der Waals surface area contributed by atoms with Gasteiger partial charge in [0.25, 0.3) is 0 Å². The molecule has 1 saturated heterocycles. The lowest BCUT2D eigenvalue weighted by Gasteiger charge is -2.53. The number of fused-ring (bicyclic) bond motifs is 2. The summed E-state index contributed by atoms with van der Waals surface area (Å²) in [7, 11) is 0. The van der Waals surface area contributed by atoms with Gasteiger partial charge in [-0.2, -0.15) is 0 Å². The molecule has 3 rings (SSSR count). The Kier molecular flexibility index (Phi) is 2.67. The van der Waals surface area contributed by atoms with Crippen molar-refractivity contribution in [1.29, 1.82) is 0 Å². The Bertz CT molecular complexity index is 469. The second-order valence-corrected chi connectivity index (χ2v) is 6.45. The third kappa shape index (κ3) is 1.63.